The molecule has 244 valence electrons. The fourth-order valence-corrected chi connectivity index (χ4v) is 5.65. The Morgan fingerprint density at radius 3 is 2.40 bits per heavy atom. The van der Waals surface area contributed by atoms with Crippen LogP contribution in [0.25, 0.3) is 5.57 Å². The minimum Gasteiger partial charge on any atom is -0.497 e. The van der Waals surface area contributed by atoms with Crippen molar-refractivity contribution in [2.24, 2.45) is 0 Å². The lowest BCUT2D eigenvalue weighted by Gasteiger charge is -2.45. The number of aliphatic carboxylic acids is 1. The van der Waals surface area contributed by atoms with E-state index in [0.717, 1.165) is 22.4 Å². The minimum absolute atomic E-state index is 0.0794. The number of carbonyl (C=O) groups excluding carboxylic acids is 1. The number of hydrogen-bond acceptors (Lipinski definition) is 7. The molecule has 1 aliphatic heterocycles. The molecule has 2 heterocycles. The van der Waals surface area contributed by atoms with Gasteiger partial charge in [-0.3, -0.25) is 9.69 Å². The van der Waals surface area contributed by atoms with Crippen molar-refractivity contribution in [3.8, 4) is 5.75 Å². The van der Waals surface area contributed by atoms with Gasteiger partial charge in [0.15, 0.2) is 5.82 Å². The van der Waals surface area contributed by atoms with Gasteiger partial charge in [-0.05, 0) is 72.9 Å². The molecule has 0 spiro atoms. The smallest absolute Gasteiger partial charge is 0.415 e. The molecule has 0 bridgehead atoms. The summed E-state index contributed by atoms with van der Waals surface area (Å²) in [7, 11) is 1.64. The Bertz CT molecular complexity index is 1700. The molecule has 47 heavy (non-hydrogen) atoms. The van der Waals surface area contributed by atoms with Crippen LogP contribution in [0.5, 0.6) is 5.75 Å². The van der Waals surface area contributed by atoms with E-state index < -0.39 is 23.8 Å². The predicted molar refractivity (Wildman–Crippen MR) is 183 cm³/mol. The molecule has 2 atom stereocenters. The van der Waals surface area contributed by atoms with Crippen molar-refractivity contribution in [1.29, 1.82) is 0 Å². The van der Waals surface area contributed by atoms with Crippen LogP contribution >= 0.6 is 0 Å². The van der Waals surface area contributed by atoms with Gasteiger partial charge in [0.05, 0.1) is 38.4 Å². The first-order chi connectivity index (χ1) is 22.5. The molecule has 0 saturated carbocycles. The molecule has 1 amide bonds. The highest BCUT2D eigenvalue weighted by atomic mass is 16.6. The number of carboxylic acids is 1. The molecule has 5 rings (SSSR count). The standard InChI is InChI=1S/C38H41N3O6/c1-26(30-14-9-11-28(21-30)22-34(42)43)25-46-35(29-12-7-6-8-13-29)33-24-41(37(44)47-38(2,3)4)32-15-10-20-39-36(32)40(33)23-27-16-18-31(45-5)19-17-27/h6-21,33,35H,1,22-25H2,2-5H3,(H,42,43)/t33-,35-/m1/s1. The topological polar surface area (TPSA) is 101 Å². The van der Waals surface area contributed by atoms with E-state index in [4.69, 9.17) is 19.2 Å². The number of pyridine rings is 1. The number of amides is 1. The number of nitrogens with zero attached hydrogens (tertiary/aromatic N) is 3. The van der Waals surface area contributed by atoms with Gasteiger partial charge in [-0.15, -0.1) is 0 Å². The number of ether oxygens (including phenoxy) is 3. The van der Waals surface area contributed by atoms with E-state index in [-0.39, 0.29) is 25.6 Å². The Morgan fingerprint density at radius 1 is 0.979 bits per heavy atom. The van der Waals surface area contributed by atoms with Crippen LogP contribution < -0.4 is 14.5 Å². The lowest BCUT2D eigenvalue weighted by atomic mass is 9.96. The summed E-state index contributed by atoms with van der Waals surface area (Å²) in [6, 6.07) is 28.4. The number of benzene rings is 3. The summed E-state index contributed by atoms with van der Waals surface area (Å²) in [6.45, 7) is 10.8. The van der Waals surface area contributed by atoms with Crippen LogP contribution in [-0.2, 0) is 27.2 Å². The van der Waals surface area contributed by atoms with Crippen LogP contribution in [-0.4, -0.2) is 54.1 Å². The van der Waals surface area contributed by atoms with Crippen molar-refractivity contribution in [3.05, 3.63) is 126 Å². The monoisotopic (exact) mass is 635 g/mol. The summed E-state index contributed by atoms with van der Waals surface area (Å²) in [5.74, 6) is 0.496. The Morgan fingerprint density at radius 2 is 1.72 bits per heavy atom. The van der Waals surface area contributed by atoms with Gasteiger partial charge in [0, 0.05) is 12.7 Å². The largest absolute Gasteiger partial charge is 0.497 e. The zero-order valence-electron chi connectivity index (χ0n) is 27.3. The molecule has 3 aromatic carbocycles. The average molecular weight is 636 g/mol. The highest BCUT2D eigenvalue weighted by Crippen LogP contribution is 2.40. The maximum absolute atomic E-state index is 13.7. The highest BCUT2D eigenvalue weighted by molar-refractivity contribution is 5.93. The Kier molecular flexibility index (Phi) is 10.3. The van der Waals surface area contributed by atoms with Gasteiger partial charge in [-0.1, -0.05) is 73.3 Å². The van der Waals surface area contributed by atoms with Gasteiger partial charge in [-0.2, -0.15) is 0 Å². The number of hydrogen-bond donors (Lipinski definition) is 1. The van der Waals surface area contributed by atoms with Crippen molar-refractivity contribution in [3.63, 3.8) is 0 Å². The van der Waals surface area contributed by atoms with Crippen molar-refractivity contribution in [2.45, 2.75) is 51.5 Å². The van der Waals surface area contributed by atoms with E-state index in [2.05, 4.69) is 11.5 Å². The van der Waals surface area contributed by atoms with Gasteiger partial charge in [0.2, 0.25) is 0 Å². The summed E-state index contributed by atoms with van der Waals surface area (Å²) in [6.07, 6.45) is 0.657. The van der Waals surface area contributed by atoms with E-state index in [1.165, 1.54) is 0 Å². The number of carboxylic acid groups (broad SMARTS) is 1. The summed E-state index contributed by atoms with van der Waals surface area (Å²) in [5, 5.41) is 9.29. The summed E-state index contributed by atoms with van der Waals surface area (Å²) < 4.78 is 18.0. The van der Waals surface area contributed by atoms with E-state index >= 15 is 0 Å². The third-order valence-corrected chi connectivity index (χ3v) is 7.83. The number of fused-ring (bicyclic) bond motifs is 1. The zero-order chi connectivity index (χ0) is 33.6. The van der Waals surface area contributed by atoms with Gasteiger partial charge in [0.25, 0.3) is 0 Å². The third-order valence-electron chi connectivity index (χ3n) is 7.83. The van der Waals surface area contributed by atoms with Crippen LogP contribution in [0.4, 0.5) is 16.3 Å². The second kappa shape index (κ2) is 14.5. The predicted octanol–water partition coefficient (Wildman–Crippen LogP) is 7.32. The maximum Gasteiger partial charge on any atom is 0.415 e. The first kappa shape index (κ1) is 33.2. The fraction of sp³-hybridized carbons (Fsp3) is 0.289. The molecule has 4 aromatic rings. The third kappa shape index (κ3) is 8.37. The van der Waals surface area contributed by atoms with Crippen LogP contribution in [0.2, 0.25) is 0 Å². The van der Waals surface area contributed by atoms with Gasteiger partial charge in [-0.25, -0.2) is 9.78 Å². The molecular weight excluding hydrogens is 594 g/mol. The first-order valence-electron chi connectivity index (χ1n) is 15.5. The number of aromatic nitrogens is 1. The summed E-state index contributed by atoms with van der Waals surface area (Å²) in [4.78, 5) is 33.7. The molecule has 1 N–H and O–H groups in total. The molecule has 0 saturated heterocycles. The Balaban J connectivity index is 1.54. The SMILES string of the molecule is C=C(CO[C@H](c1ccccc1)[C@H]1CN(C(=O)OC(C)(C)C)c2cccnc2N1Cc1ccc(OC)cc1)c1cccc(CC(=O)O)c1. The number of methoxy groups -OCH3 is 1. The highest BCUT2D eigenvalue weighted by Gasteiger charge is 2.41. The van der Waals surface area contributed by atoms with Crippen LogP contribution in [0.15, 0.2) is 104 Å². The zero-order valence-corrected chi connectivity index (χ0v) is 27.3. The fourth-order valence-electron chi connectivity index (χ4n) is 5.65. The molecule has 0 radical (unpaired) electrons. The molecule has 0 fully saturated rings. The lowest BCUT2D eigenvalue weighted by Crippen LogP contribution is -2.54. The first-order valence-corrected chi connectivity index (χ1v) is 15.5. The minimum atomic E-state index is -0.897. The Hall–Kier alpha value is -5.15. The van der Waals surface area contributed by atoms with Crippen molar-refractivity contribution < 1.29 is 28.9 Å². The molecule has 0 unspecified atom stereocenters. The summed E-state index contributed by atoms with van der Waals surface area (Å²) in [5.41, 5.74) is 4.10. The summed E-state index contributed by atoms with van der Waals surface area (Å²) >= 11 is 0. The van der Waals surface area contributed by atoms with Gasteiger partial charge >= 0.3 is 12.1 Å². The van der Waals surface area contributed by atoms with E-state index in [0.29, 0.717) is 29.2 Å². The van der Waals surface area contributed by atoms with Crippen molar-refractivity contribution in [2.75, 3.05) is 30.1 Å². The van der Waals surface area contributed by atoms with Crippen molar-refractivity contribution >= 4 is 29.1 Å². The van der Waals surface area contributed by atoms with Crippen LogP contribution in [0.3, 0.4) is 0 Å². The second-order valence-corrected chi connectivity index (χ2v) is 12.5. The molecule has 9 nitrogen and oxygen atoms in total. The number of anilines is 2. The quantitative estimate of drug-likeness (QED) is 0.183. The number of carbonyl (C=O) groups is 2. The van der Waals surface area contributed by atoms with E-state index in [1.807, 2.05) is 106 Å². The second-order valence-electron chi connectivity index (χ2n) is 12.5. The maximum atomic E-state index is 13.7. The molecule has 1 aromatic heterocycles. The molecule has 0 aliphatic carbocycles. The molecule has 9 heteroatoms. The lowest BCUT2D eigenvalue weighted by molar-refractivity contribution is -0.136. The van der Waals surface area contributed by atoms with Crippen LogP contribution in [0, 0.1) is 0 Å². The van der Waals surface area contributed by atoms with E-state index in [1.54, 1.807) is 24.3 Å². The van der Waals surface area contributed by atoms with Crippen molar-refractivity contribution in [1.82, 2.24) is 4.98 Å². The number of rotatable bonds is 11. The normalized spacial score (nSPS) is 15.0. The molecular formula is C38H41N3O6. The van der Waals surface area contributed by atoms with Gasteiger partial charge in [0.1, 0.15) is 17.5 Å². The van der Waals surface area contributed by atoms with Gasteiger partial charge < -0.3 is 24.2 Å². The van der Waals surface area contributed by atoms with Crippen LogP contribution in [0.1, 0.15) is 49.1 Å². The average Bonchev–Trinajstić information content (AvgIpc) is 3.05. The Labute approximate surface area is 276 Å². The molecule has 1 aliphatic rings. The van der Waals surface area contributed by atoms with E-state index in [9.17, 15) is 14.7 Å².